The Kier molecular flexibility index (Phi) is 18.2. The number of aliphatic hydroxyl groups is 7. The van der Waals surface area contributed by atoms with Crippen molar-refractivity contribution in [2.45, 2.75) is 247 Å². The molecule has 4 fully saturated rings. The van der Waals surface area contributed by atoms with Gasteiger partial charge in [-0.05, 0) is 119 Å². The maximum absolute atomic E-state index is 13.8. The van der Waals surface area contributed by atoms with E-state index in [-0.39, 0.29) is 43.4 Å². The first-order valence-electron chi connectivity index (χ1n) is 24.3. The number of hydrogen-bond donors (Lipinski definition) is 7. The number of carbonyl (C=O) groups excluding carboxylic acids is 1. The first-order chi connectivity index (χ1) is 29.8. The summed E-state index contributed by atoms with van der Waals surface area (Å²) in [7, 11) is 3.94. The van der Waals surface area contributed by atoms with Crippen LogP contribution >= 0.6 is 0 Å². The van der Waals surface area contributed by atoms with Gasteiger partial charge in [-0.15, -0.1) is 0 Å². The molecule has 0 radical (unpaired) electrons. The smallest absolute Gasteiger partial charge is 0.330 e. The number of rotatable bonds is 6. The van der Waals surface area contributed by atoms with Crippen molar-refractivity contribution in [3.8, 4) is 0 Å². The maximum atomic E-state index is 13.8. The molecule has 15 heteroatoms. The van der Waals surface area contributed by atoms with Crippen LogP contribution in [0.3, 0.4) is 0 Å². The van der Waals surface area contributed by atoms with Gasteiger partial charge in [-0.3, -0.25) is 0 Å². The van der Waals surface area contributed by atoms with Gasteiger partial charge in [0.05, 0.1) is 47.8 Å². The van der Waals surface area contributed by atoms with Crippen LogP contribution in [0.2, 0.25) is 0 Å². The average Bonchev–Trinajstić information content (AvgIpc) is 3.45. The van der Waals surface area contributed by atoms with Gasteiger partial charge in [0.15, 0.2) is 17.9 Å². The van der Waals surface area contributed by atoms with E-state index in [0.29, 0.717) is 44.9 Å². The standard InChI is InChI=1S/C49H85NO14/c1-11-34(51)26-35-19-17-24-48(62-35)28-37-30(2)38(63-48)29-49(58)33(27-45(5,6)64-49)18-15-13-12-14-16-23-46(7,56)44(55)42(61-40-21-20-36(50(9)10)32(4)59-40)41(53)31(3)43(54)47(8,57)25-22-39(52)60-37/h15,18,22,25,30-38,40-44,51,53-58H,11-14,16-17,19-21,23-24,26-29H2,1-10H3/b18-15-,25-22-/t30-,31+,32-,33+,34+,35-,36-,37+,38-,40+,41-,42+,43+,44+,46-,47+,48+,49-/m0/s1. The Morgan fingerprint density at radius 1 is 0.859 bits per heavy atom. The lowest BCUT2D eigenvalue weighted by atomic mass is 9.79. The topological polar surface area (TPSA) is 217 Å². The third kappa shape index (κ3) is 13.4. The molecule has 15 nitrogen and oxygen atoms in total. The lowest BCUT2D eigenvalue weighted by molar-refractivity contribution is -0.352. The molecule has 5 aliphatic heterocycles. The molecule has 2 bridgehead atoms. The first kappa shape index (κ1) is 53.4. The number of fused-ring (bicyclic) bond motifs is 3. The van der Waals surface area contributed by atoms with Crippen LogP contribution < -0.4 is 0 Å². The Labute approximate surface area is 382 Å². The summed E-state index contributed by atoms with van der Waals surface area (Å²) in [4.78, 5) is 15.8. The Morgan fingerprint density at radius 3 is 2.25 bits per heavy atom. The summed E-state index contributed by atoms with van der Waals surface area (Å²) in [5.41, 5.74) is -4.43. The highest BCUT2D eigenvalue weighted by Gasteiger charge is 2.56. The molecular weight excluding hydrogens is 827 g/mol. The van der Waals surface area contributed by atoms with Crippen LogP contribution in [-0.4, -0.2) is 156 Å². The molecule has 0 aromatic carbocycles. The maximum Gasteiger partial charge on any atom is 0.330 e. The largest absolute Gasteiger partial charge is 0.459 e. The number of likely N-dealkylation sites (N-methyl/N-ethyl adjacent to an activating group) is 1. The molecule has 1 spiro atoms. The molecule has 0 saturated carbocycles. The van der Waals surface area contributed by atoms with Gasteiger partial charge in [0.2, 0.25) is 0 Å². The van der Waals surface area contributed by atoms with E-state index < -0.39 is 95.2 Å². The van der Waals surface area contributed by atoms with Crippen LogP contribution in [0.25, 0.3) is 0 Å². The molecule has 5 heterocycles. The summed E-state index contributed by atoms with van der Waals surface area (Å²) < 4.78 is 38.7. The van der Waals surface area contributed by atoms with Gasteiger partial charge in [0, 0.05) is 49.1 Å². The lowest BCUT2D eigenvalue weighted by Gasteiger charge is -2.51. The molecule has 64 heavy (non-hydrogen) atoms. The molecule has 5 aliphatic rings. The molecule has 0 aromatic rings. The van der Waals surface area contributed by atoms with Gasteiger partial charge in [0.1, 0.15) is 23.9 Å². The third-order valence-corrected chi connectivity index (χ3v) is 15.0. The first-order valence-corrected chi connectivity index (χ1v) is 24.3. The zero-order valence-electron chi connectivity index (χ0n) is 40.4. The zero-order chi connectivity index (χ0) is 47.4. The van der Waals surface area contributed by atoms with Crippen LogP contribution in [0.15, 0.2) is 24.3 Å². The number of nitrogens with zero attached hydrogens (tertiary/aromatic N) is 1. The van der Waals surface area contributed by atoms with Gasteiger partial charge in [-0.25, -0.2) is 4.79 Å². The van der Waals surface area contributed by atoms with E-state index >= 15 is 0 Å². The summed E-state index contributed by atoms with van der Waals surface area (Å²) in [6.07, 6.45) is 4.66. The van der Waals surface area contributed by atoms with Crippen LogP contribution in [0.5, 0.6) is 0 Å². The highest BCUT2D eigenvalue weighted by molar-refractivity contribution is 5.82. The van der Waals surface area contributed by atoms with Crippen molar-refractivity contribution < 1.29 is 69.0 Å². The summed E-state index contributed by atoms with van der Waals surface area (Å²) in [6.45, 7) is 14.0. The second kappa shape index (κ2) is 21.8. The Hall–Kier alpha value is -1.57. The number of allylic oxidation sites excluding steroid dienone is 1. The van der Waals surface area contributed by atoms with Gasteiger partial charge < -0.3 is 69.1 Å². The van der Waals surface area contributed by atoms with Gasteiger partial charge in [-0.1, -0.05) is 45.8 Å². The Balaban J connectivity index is 1.45. The van der Waals surface area contributed by atoms with Gasteiger partial charge >= 0.3 is 5.97 Å². The number of hydrogen-bond acceptors (Lipinski definition) is 15. The van der Waals surface area contributed by atoms with Gasteiger partial charge in [-0.2, -0.15) is 0 Å². The fourth-order valence-electron chi connectivity index (χ4n) is 10.9. The molecule has 0 amide bonds. The van der Waals surface area contributed by atoms with E-state index in [4.69, 9.17) is 28.4 Å². The Bertz CT molecular complexity index is 1550. The van der Waals surface area contributed by atoms with Crippen LogP contribution in [0.4, 0.5) is 0 Å². The minimum absolute atomic E-state index is 0.0790. The predicted molar refractivity (Wildman–Crippen MR) is 239 cm³/mol. The Morgan fingerprint density at radius 2 is 1.58 bits per heavy atom. The van der Waals surface area contributed by atoms with E-state index in [9.17, 15) is 40.5 Å². The number of aliphatic hydroxyl groups excluding tert-OH is 4. The third-order valence-electron chi connectivity index (χ3n) is 15.0. The highest BCUT2D eigenvalue weighted by Crippen LogP contribution is 2.49. The van der Waals surface area contributed by atoms with E-state index in [1.165, 1.54) is 20.8 Å². The van der Waals surface area contributed by atoms with Crippen LogP contribution in [0, 0.1) is 17.8 Å². The van der Waals surface area contributed by atoms with Crippen molar-refractivity contribution in [2.75, 3.05) is 14.1 Å². The van der Waals surface area contributed by atoms with Crippen molar-refractivity contribution in [1.82, 2.24) is 4.90 Å². The molecule has 4 saturated heterocycles. The molecule has 5 rings (SSSR count). The van der Waals surface area contributed by atoms with Gasteiger partial charge in [0.25, 0.3) is 0 Å². The minimum Gasteiger partial charge on any atom is -0.459 e. The quantitative estimate of drug-likeness (QED) is 0.141. The lowest BCUT2D eigenvalue weighted by Crippen LogP contribution is -2.58. The highest BCUT2D eigenvalue weighted by atomic mass is 16.7. The second-order valence-corrected chi connectivity index (χ2v) is 21.4. The summed E-state index contributed by atoms with van der Waals surface area (Å²) in [5, 5.41) is 81.8. The fraction of sp³-hybridized carbons (Fsp3) is 0.898. The predicted octanol–water partition coefficient (Wildman–Crippen LogP) is 4.78. The van der Waals surface area contributed by atoms with E-state index in [2.05, 4.69) is 11.0 Å². The molecule has 18 atom stereocenters. The fourth-order valence-corrected chi connectivity index (χ4v) is 10.9. The summed E-state index contributed by atoms with van der Waals surface area (Å²) >= 11 is 0. The number of esters is 1. The molecule has 370 valence electrons. The van der Waals surface area contributed by atoms with Crippen molar-refractivity contribution in [3.63, 3.8) is 0 Å². The molecule has 0 unspecified atom stereocenters. The normalized spacial score (nSPS) is 47.3. The monoisotopic (exact) mass is 912 g/mol. The van der Waals surface area contributed by atoms with E-state index in [1.54, 1.807) is 0 Å². The number of ether oxygens (including phenoxy) is 6. The molecular formula is C49H85NO14. The van der Waals surface area contributed by atoms with E-state index in [1.807, 2.05) is 54.8 Å². The number of carbonyl (C=O) groups is 1. The minimum atomic E-state index is -2.08. The second-order valence-electron chi connectivity index (χ2n) is 21.4. The van der Waals surface area contributed by atoms with Crippen molar-refractivity contribution in [3.05, 3.63) is 24.3 Å². The van der Waals surface area contributed by atoms with Crippen LogP contribution in [-0.2, 0) is 33.2 Å². The van der Waals surface area contributed by atoms with Crippen LogP contribution in [0.1, 0.15) is 152 Å². The van der Waals surface area contributed by atoms with Crippen molar-refractivity contribution in [1.29, 1.82) is 0 Å². The summed E-state index contributed by atoms with van der Waals surface area (Å²) in [5.74, 6) is -5.49. The SMILES string of the molecule is CC[C@@H](O)C[C@@H]1CCC[C@@]2(C[C@H]3OC(=O)/C=C\[C@@](C)(O)[C@H](O)[C@H](C)[C@H](O)[C@@H](O[C@@H]4CC[C@H](N(C)C)[C@H](C)O4)[C@@H](O)[C@@](C)(O)CCCCC/C=C\[C@@H]4CC(C)(C)O[C@@]4(O)C[C@H](O2)[C@H]3C)O1. The summed E-state index contributed by atoms with van der Waals surface area (Å²) in [6, 6.07) is 0.128. The molecule has 0 aliphatic carbocycles. The molecule has 7 N–H and O–H groups in total. The van der Waals surface area contributed by atoms with Crippen molar-refractivity contribution in [2.24, 2.45) is 17.8 Å². The average molecular weight is 912 g/mol. The van der Waals surface area contributed by atoms with E-state index in [0.717, 1.165) is 44.3 Å². The molecule has 0 aromatic heterocycles. The van der Waals surface area contributed by atoms with Crippen molar-refractivity contribution >= 4 is 5.97 Å². The zero-order valence-corrected chi connectivity index (χ0v) is 40.4.